The largest absolute Gasteiger partial charge is 0.389 e. The Balaban J connectivity index is 2.90. The lowest BCUT2D eigenvalue weighted by Gasteiger charge is -2.17. The fourth-order valence-corrected chi connectivity index (χ4v) is 3.13. The van der Waals surface area contributed by atoms with Crippen LogP contribution in [-0.2, 0) is 20.6 Å². The second-order valence-electron chi connectivity index (χ2n) is 4.49. The van der Waals surface area contributed by atoms with E-state index in [0.717, 1.165) is 4.31 Å². The third kappa shape index (κ3) is 5.07. The topological polar surface area (TPSA) is 92.5 Å². The van der Waals surface area contributed by atoms with Crippen LogP contribution in [0.1, 0.15) is 18.1 Å². The SMILES string of the molecule is CCNC(=O)CN(C)S(=O)(=O)Cc1ccccc1C(N)=S. The molecule has 21 heavy (non-hydrogen) atoms. The predicted octanol–water partition coefficient (Wildman–Crippen LogP) is 0.219. The van der Waals surface area contributed by atoms with Crippen molar-refractivity contribution in [2.24, 2.45) is 5.73 Å². The van der Waals surface area contributed by atoms with E-state index in [1.165, 1.54) is 7.05 Å². The van der Waals surface area contributed by atoms with Crippen LogP contribution in [0.2, 0.25) is 0 Å². The number of hydrogen-bond donors (Lipinski definition) is 2. The van der Waals surface area contributed by atoms with Crippen molar-refractivity contribution >= 4 is 33.1 Å². The molecule has 1 aromatic rings. The highest BCUT2D eigenvalue weighted by Crippen LogP contribution is 2.14. The zero-order valence-electron chi connectivity index (χ0n) is 12.0. The Morgan fingerprint density at radius 2 is 2.00 bits per heavy atom. The molecular weight excluding hydrogens is 310 g/mol. The summed E-state index contributed by atoms with van der Waals surface area (Å²) in [6.45, 7) is 2.01. The van der Waals surface area contributed by atoms with Gasteiger partial charge in [-0.25, -0.2) is 8.42 Å². The number of thiocarbonyl (C=S) groups is 1. The lowest BCUT2D eigenvalue weighted by atomic mass is 10.1. The molecule has 0 heterocycles. The molecule has 116 valence electrons. The molecule has 0 bridgehead atoms. The van der Waals surface area contributed by atoms with Gasteiger partial charge in [-0.3, -0.25) is 4.79 Å². The zero-order valence-corrected chi connectivity index (χ0v) is 13.6. The summed E-state index contributed by atoms with van der Waals surface area (Å²) in [7, 11) is -2.26. The second-order valence-corrected chi connectivity index (χ2v) is 7.00. The van der Waals surface area contributed by atoms with Crippen LogP contribution in [0.5, 0.6) is 0 Å². The van der Waals surface area contributed by atoms with Gasteiger partial charge in [0.15, 0.2) is 0 Å². The molecule has 0 saturated heterocycles. The number of benzene rings is 1. The molecule has 0 aromatic heterocycles. The van der Waals surface area contributed by atoms with E-state index in [1.54, 1.807) is 31.2 Å². The molecule has 0 aliphatic carbocycles. The lowest BCUT2D eigenvalue weighted by Crippen LogP contribution is -2.38. The van der Waals surface area contributed by atoms with Crippen molar-refractivity contribution in [3.8, 4) is 0 Å². The number of nitrogens with two attached hydrogens (primary N) is 1. The van der Waals surface area contributed by atoms with Crippen LogP contribution in [0.4, 0.5) is 0 Å². The number of nitrogens with one attached hydrogen (secondary N) is 1. The normalized spacial score (nSPS) is 11.4. The highest BCUT2D eigenvalue weighted by Gasteiger charge is 2.22. The summed E-state index contributed by atoms with van der Waals surface area (Å²) in [5.41, 5.74) is 6.64. The van der Waals surface area contributed by atoms with E-state index in [-0.39, 0.29) is 23.2 Å². The van der Waals surface area contributed by atoms with Crippen molar-refractivity contribution in [1.29, 1.82) is 0 Å². The Kier molecular flexibility index (Phi) is 6.25. The lowest BCUT2D eigenvalue weighted by molar-refractivity contribution is -0.121. The molecule has 0 spiro atoms. The maximum atomic E-state index is 12.3. The van der Waals surface area contributed by atoms with E-state index in [4.69, 9.17) is 18.0 Å². The Hall–Kier alpha value is -1.51. The van der Waals surface area contributed by atoms with Crippen LogP contribution < -0.4 is 11.1 Å². The van der Waals surface area contributed by atoms with Crippen molar-refractivity contribution in [2.75, 3.05) is 20.1 Å². The fourth-order valence-electron chi connectivity index (χ4n) is 1.75. The minimum atomic E-state index is -3.63. The van der Waals surface area contributed by atoms with Crippen LogP contribution in [0.15, 0.2) is 24.3 Å². The third-order valence-electron chi connectivity index (χ3n) is 2.84. The average Bonchev–Trinajstić information content (AvgIpc) is 2.38. The third-order valence-corrected chi connectivity index (χ3v) is 4.81. The molecule has 1 aromatic carbocycles. The van der Waals surface area contributed by atoms with Crippen LogP contribution in [0.25, 0.3) is 0 Å². The second kappa shape index (κ2) is 7.48. The Morgan fingerprint density at radius 1 is 1.38 bits per heavy atom. The van der Waals surface area contributed by atoms with Gasteiger partial charge in [-0.05, 0) is 12.5 Å². The van der Waals surface area contributed by atoms with Gasteiger partial charge in [-0.2, -0.15) is 4.31 Å². The monoisotopic (exact) mass is 329 g/mol. The first-order valence-corrected chi connectivity index (χ1v) is 8.38. The molecule has 6 nitrogen and oxygen atoms in total. The highest BCUT2D eigenvalue weighted by atomic mass is 32.2. The van der Waals surface area contributed by atoms with Crippen molar-refractivity contribution in [2.45, 2.75) is 12.7 Å². The van der Waals surface area contributed by atoms with Gasteiger partial charge in [0.2, 0.25) is 15.9 Å². The standard InChI is InChI=1S/C13H19N3O3S2/c1-3-15-12(17)8-16(2)21(18,19)9-10-6-4-5-7-11(10)13(14)20/h4-7H,3,8-9H2,1-2H3,(H2,14,20)(H,15,17). The van der Waals surface area contributed by atoms with Crippen molar-refractivity contribution in [1.82, 2.24) is 9.62 Å². The van der Waals surface area contributed by atoms with E-state index in [1.807, 2.05) is 0 Å². The number of likely N-dealkylation sites (N-methyl/N-ethyl adjacent to an activating group) is 2. The molecular formula is C13H19N3O3S2. The first kappa shape index (κ1) is 17.5. The van der Waals surface area contributed by atoms with Crippen LogP contribution in [-0.4, -0.2) is 43.8 Å². The van der Waals surface area contributed by atoms with Crippen molar-refractivity contribution < 1.29 is 13.2 Å². The molecule has 0 aliphatic rings. The van der Waals surface area contributed by atoms with Gasteiger partial charge >= 0.3 is 0 Å². The first-order chi connectivity index (χ1) is 9.77. The summed E-state index contributed by atoms with van der Waals surface area (Å²) in [5, 5.41) is 2.56. The summed E-state index contributed by atoms with van der Waals surface area (Å²) in [4.78, 5) is 11.6. The maximum Gasteiger partial charge on any atom is 0.235 e. The van der Waals surface area contributed by atoms with Gasteiger partial charge in [0.1, 0.15) is 4.99 Å². The summed E-state index contributed by atoms with van der Waals surface area (Å²) < 4.78 is 25.6. The first-order valence-electron chi connectivity index (χ1n) is 6.36. The molecule has 1 amide bonds. The smallest absolute Gasteiger partial charge is 0.235 e. The fraction of sp³-hybridized carbons (Fsp3) is 0.385. The number of nitrogens with zero attached hydrogens (tertiary/aromatic N) is 1. The molecule has 1 rings (SSSR count). The molecule has 0 aliphatic heterocycles. The summed E-state index contributed by atoms with van der Waals surface area (Å²) in [6, 6.07) is 6.79. The molecule has 0 atom stereocenters. The number of carbonyl (C=O) groups excluding carboxylic acids is 1. The van der Waals surface area contributed by atoms with E-state index in [9.17, 15) is 13.2 Å². The molecule has 0 radical (unpaired) electrons. The van der Waals surface area contributed by atoms with Crippen LogP contribution >= 0.6 is 12.2 Å². The van der Waals surface area contributed by atoms with E-state index < -0.39 is 10.0 Å². The van der Waals surface area contributed by atoms with Crippen LogP contribution in [0, 0.1) is 0 Å². The summed E-state index contributed by atoms with van der Waals surface area (Å²) >= 11 is 4.91. The quantitative estimate of drug-likeness (QED) is 0.698. The molecule has 0 saturated carbocycles. The average molecular weight is 329 g/mol. The van der Waals surface area contributed by atoms with Crippen LogP contribution in [0.3, 0.4) is 0 Å². The minimum absolute atomic E-state index is 0.146. The van der Waals surface area contributed by atoms with E-state index in [0.29, 0.717) is 17.7 Å². The van der Waals surface area contributed by atoms with Gasteiger partial charge in [0.05, 0.1) is 12.3 Å². The van der Waals surface area contributed by atoms with Gasteiger partial charge in [-0.1, -0.05) is 36.5 Å². The highest BCUT2D eigenvalue weighted by molar-refractivity contribution is 7.88. The Morgan fingerprint density at radius 3 is 2.57 bits per heavy atom. The van der Waals surface area contributed by atoms with E-state index >= 15 is 0 Å². The number of amides is 1. The Bertz CT molecular complexity index is 629. The number of sulfonamides is 1. The number of rotatable bonds is 7. The molecule has 0 unspecified atom stereocenters. The van der Waals surface area contributed by atoms with Gasteiger partial charge in [0, 0.05) is 19.2 Å². The van der Waals surface area contributed by atoms with E-state index in [2.05, 4.69) is 5.32 Å². The molecule has 3 N–H and O–H groups in total. The summed E-state index contributed by atoms with van der Waals surface area (Å²) in [5.74, 6) is -0.595. The van der Waals surface area contributed by atoms with Crippen molar-refractivity contribution in [3.05, 3.63) is 35.4 Å². The van der Waals surface area contributed by atoms with Gasteiger partial charge in [0.25, 0.3) is 0 Å². The predicted molar refractivity (Wildman–Crippen MR) is 86.3 cm³/mol. The molecule has 8 heteroatoms. The zero-order chi connectivity index (χ0) is 16.0. The van der Waals surface area contributed by atoms with Gasteiger partial charge < -0.3 is 11.1 Å². The molecule has 0 fully saturated rings. The number of hydrogen-bond acceptors (Lipinski definition) is 4. The van der Waals surface area contributed by atoms with Crippen molar-refractivity contribution in [3.63, 3.8) is 0 Å². The Labute approximate surface area is 130 Å². The minimum Gasteiger partial charge on any atom is -0.389 e. The number of carbonyl (C=O) groups is 1. The summed E-state index contributed by atoms with van der Waals surface area (Å²) in [6.07, 6.45) is 0. The van der Waals surface area contributed by atoms with Gasteiger partial charge in [-0.15, -0.1) is 0 Å². The maximum absolute atomic E-state index is 12.3.